The second-order valence-corrected chi connectivity index (χ2v) is 5.02. The van der Waals surface area contributed by atoms with E-state index < -0.39 is 0 Å². The van der Waals surface area contributed by atoms with Crippen molar-refractivity contribution >= 4 is 22.6 Å². The lowest BCUT2D eigenvalue weighted by atomic mass is 10.0. The van der Waals surface area contributed by atoms with Crippen molar-refractivity contribution in [3.63, 3.8) is 0 Å². The summed E-state index contributed by atoms with van der Waals surface area (Å²) >= 11 is 0. The summed E-state index contributed by atoms with van der Waals surface area (Å²) in [7, 11) is 0. The monoisotopic (exact) mass is 277 g/mol. The van der Waals surface area contributed by atoms with E-state index in [4.69, 9.17) is 4.42 Å². The van der Waals surface area contributed by atoms with Crippen molar-refractivity contribution in [1.82, 2.24) is 4.90 Å². The quantitative estimate of drug-likeness (QED) is 0.676. The summed E-state index contributed by atoms with van der Waals surface area (Å²) < 4.78 is 5.22. The Morgan fingerprint density at radius 2 is 1.48 bits per heavy atom. The summed E-state index contributed by atoms with van der Waals surface area (Å²) in [4.78, 5) is 26.1. The number of hydrogen-bond acceptors (Lipinski definition) is 3. The molecule has 1 aliphatic rings. The second kappa shape index (κ2) is 4.31. The van der Waals surface area contributed by atoms with Gasteiger partial charge in [-0.2, -0.15) is 0 Å². The molecule has 0 spiro atoms. The van der Waals surface area contributed by atoms with Crippen molar-refractivity contribution < 1.29 is 14.0 Å². The lowest BCUT2D eigenvalue weighted by Gasteiger charge is -2.11. The maximum Gasteiger partial charge on any atom is 0.261 e. The van der Waals surface area contributed by atoms with Crippen LogP contribution in [0.3, 0.4) is 0 Å². The van der Waals surface area contributed by atoms with E-state index in [1.165, 1.54) is 11.2 Å². The van der Waals surface area contributed by atoms with Crippen LogP contribution in [0.5, 0.6) is 0 Å². The fraction of sp³-hybridized carbons (Fsp3) is 0.0588. The van der Waals surface area contributed by atoms with Crippen LogP contribution in [0.15, 0.2) is 59.2 Å². The number of nitrogens with zero attached hydrogens (tertiary/aromatic N) is 1. The van der Waals surface area contributed by atoms with Crippen LogP contribution < -0.4 is 0 Å². The van der Waals surface area contributed by atoms with Crippen molar-refractivity contribution in [2.75, 3.05) is 0 Å². The molecule has 1 aromatic heterocycles. The fourth-order valence-electron chi connectivity index (χ4n) is 2.68. The maximum absolute atomic E-state index is 12.4. The average molecular weight is 277 g/mol. The number of carbonyl (C=O) groups excluding carboxylic acids is 2. The molecule has 0 radical (unpaired) electrons. The molecule has 0 unspecified atom stereocenters. The van der Waals surface area contributed by atoms with Gasteiger partial charge in [0.2, 0.25) is 0 Å². The molecule has 2 heterocycles. The Kier molecular flexibility index (Phi) is 2.44. The second-order valence-electron chi connectivity index (χ2n) is 5.02. The van der Waals surface area contributed by atoms with Crippen LogP contribution in [0, 0.1) is 0 Å². The van der Waals surface area contributed by atoms with Gasteiger partial charge in [0.1, 0.15) is 5.76 Å². The van der Waals surface area contributed by atoms with Crippen LogP contribution in [0.2, 0.25) is 0 Å². The zero-order valence-corrected chi connectivity index (χ0v) is 11.1. The van der Waals surface area contributed by atoms with Gasteiger partial charge in [0.25, 0.3) is 11.8 Å². The third-order valence-electron chi connectivity index (χ3n) is 3.73. The van der Waals surface area contributed by atoms with E-state index in [-0.39, 0.29) is 18.4 Å². The molecule has 0 saturated heterocycles. The van der Waals surface area contributed by atoms with Gasteiger partial charge in [0, 0.05) is 0 Å². The van der Waals surface area contributed by atoms with Gasteiger partial charge in [0.15, 0.2) is 0 Å². The van der Waals surface area contributed by atoms with Gasteiger partial charge in [-0.3, -0.25) is 14.5 Å². The third-order valence-corrected chi connectivity index (χ3v) is 3.73. The Hall–Kier alpha value is -2.88. The van der Waals surface area contributed by atoms with Crippen molar-refractivity contribution in [1.29, 1.82) is 0 Å². The van der Waals surface area contributed by atoms with E-state index in [0.717, 1.165) is 10.8 Å². The largest absolute Gasteiger partial charge is 0.467 e. The summed E-state index contributed by atoms with van der Waals surface area (Å²) in [6.07, 6.45) is 1.53. The van der Waals surface area contributed by atoms with Crippen molar-refractivity contribution in [3.8, 4) is 0 Å². The molecule has 0 atom stereocenters. The summed E-state index contributed by atoms with van der Waals surface area (Å²) in [5.74, 6) is 0.0587. The summed E-state index contributed by atoms with van der Waals surface area (Å²) in [6.45, 7) is 0.162. The fourth-order valence-corrected chi connectivity index (χ4v) is 2.68. The molecule has 102 valence electrons. The van der Waals surface area contributed by atoms with Crippen LogP contribution >= 0.6 is 0 Å². The zero-order valence-electron chi connectivity index (χ0n) is 11.1. The Labute approximate surface area is 120 Å². The smallest absolute Gasteiger partial charge is 0.261 e. The van der Waals surface area contributed by atoms with Crippen LogP contribution in [0.25, 0.3) is 10.8 Å². The van der Waals surface area contributed by atoms with Gasteiger partial charge >= 0.3 is 0 Å². The molecule has 0 bridgehead atoms. The first kappa shape index (κ1) is 11.9. The lowest BCUT2D eigenvalue weighted by Crippen LogP contribution is -2.28. The standard InChI is InChI=1S/C17H11NO3/c19-16-14-8-11-4-1-2-5-12(11)9-15(14)17(20)18(16)10-13-6-3-7-21-13/h1-9H,10H2. The minimum absolute atomic E-state index is 0.162. The Morgan fingerprint density at radius 1 is 0.857 bits per heavy atom. The molecule has 0 aliphatic carbocycles. The zero-order chi connectivity index (χ0) is 14.4. The van der Waals surface area contributed by atoms with E-state index in [9.17, 15) is 9.59 Å². The number of imide groups is 1. The molecule has 4 rings (SSSR count). The third kappa shape index (κ3) is 1.76. The Morgan fingerprint density at radius 3 is 2.00 bits per heavy atom. The number of fused-ring (bicyclic) bond motifs is 2. The van der Waals surface area contributed by atoms with Gasteiger partial charge in [-0.15, -0.1) is 0 Å². The Bertz CT molecular complexity index is 810. The van der Waals surface area contributed by atoms with Crippen LogP contribution in [-0.4, -0.2) is 16.7 Å². The highest BCUT2D eigenvalue weighted by Gasteiger charge is 2.36. The molecule has 4 nitrogen and oxygen atoms in total. The first-order valence-corrected chi connectivity index (χ1v) is 6.65. The number of carbonyl (C=O) groups is 2. The molecule has 21 heavy (non-hydrogen) atoms. The highest BCUT2D eigenvalue weighted by Crippen LogP contribution is 2.29. The van der Waals surface area contributed by atoms with E-state index in [2.05, 4.69) is 0 Å². The van der Waals surface area contributed by atoms with E-state index in [1.54, 1.807) is 24.3 Å². The number of furan rings is 1. The first-order chi connectivity index (χ1) is 10.2. The molecule has 4 heteroatoms. The molecule has 0 saturated carbocycles. The Balaban J connectivity index is 1.80. The molecule has 3 aromatic rings. The predicted octanol–water partition coefficient (Wildman–Crippen LogP) is 3.23. The normalized spacial score (nSPS) is 14.0. The molecule has 2 amide bonds. The number of rotatable bonds is 2. The highest BCUT2D eigenvalue weighted by atomic mass is 16.3. The van der Waals surface area contributed by atoms with Gasteiger partial charge in [0.05, 0.1) is 23.9 Å². The van der Waals surface area contributed by atoms with Gasteiger partial charge in [-0.1, -0.05) is 24.3 Å². The van der Waals surface area contributed by atoms with Crippen LogP contribution in [0.4, 0.5) is 0 Å². The lowest BCUT2D eigenvalue weighted by molar-refractivity contribution is 0.0631. The number of amides is 2. The summed E-state index contributed by atoms with van der Waals surface area (Å²) in [5, 5.41) is 1.91. The van der Waals surface area contributed by atoms with Gasteiger partial charge < -0.3 is 4.42 Å². The van der Waals surface area contributed by atoms with Crippen molar-refractivity contribution in [2.24, 2.45) is 0 Å². The van der Waals surface area contributed by atoms with Crippen LogP contribution in [0.1, 0.15) is 26.5 Å². The predicted molar refractivity (Wildman–Crippen MR) is 76.9 cm³/mol. The van der Waals surface area contributed by atoms with Crippen LogP contribution in [-0.2, 0) is 6.54 Å². The first-order valence-electron chi connectivity index (χ1n) is 6.65. The van der Waals surface area contributed by atoms with Crippen molar-refractivity contribution in [3.05, 3.63) is 71.7 Å². The molecule has 2 aromatic carbocycles. The molecule has 0 fully saturated rings. The van der Waals surface area contributed by atoms with Gasteiger partial charge in [-0.05, 0) is 35.0 Å². The molecule has 1 aliphatic heterocycles. The number of benzene rings is 2. The molecular weight excluding hydrogens is 266 g/mol. The SMILES string of the molecule is O=C1c2cc3ccccc3cc2C(=O)N1Cc1ccco1. The highest BCUT2D eigenvalue weighted by molar-refractivity contribution is 6.23. The van der Waals surface area contributed by atoms with Crippen molar-refractivity contribution in [2.45, 2.75) is 6.54 Å². The minimum Gasteiger partial charge on any atom is -0.467 e. The maximum atomic E-state index is 12.4. The number of hydrogen-bond donors (Lipinski definition) is 0. The van der Waals surface area contributed by atoms with Gasteiger partial charge in [-0.25, -0.2) is 0 Å². The summed E-state index contributed by atoms with van der Waals surface area (Å²) in [5.41, 5.74) is 0.926. The molecule has 0 N–H and O–H groups in total. The van der Waals surface area contributed by atoms with E-state index >= 15 is 0 Å². The summed E-state index contributed by atoms with van der Waals surface area (Å²) in [6, 6.07) is 14.8. The van der Waals surface area contributed by atoms with E-state index in [1.807, 2.05) is 24.3 Å². The topological polar surface area (TPSA) is 50.5 Å². The average Bonchev–Trinajstić information content (AvgIpc) is 3.09. The minimum atomic E-state index is -0.267. The molecular formula is C17H11NO3. The van der Waals surface area contributed by atoms with E-state index in [0.29, 0.717) is 16.9 Å².